The van der Waals surface area contributed by atoms with Crippen LogP contribution in [0.1, 0.15) is 18.6 Å². The Labute approximate surface area is 125 Å². The van der Waals surface area contributed by atoms with E-state index in [0.717, 1.165) is 12.1 Å². The third-order valence-electron chi connectivity index (χ3n) is 3.95. The predicted octanol–water partition coefficient (Wildman–Crippen LogP) is 0.963. The Balaban J connectivity index is 1.69. The third kappa shape index (κ3) is 3.43. The molecule has 2 heterocycles. The van der Waals surface area contributed by atoms with Gasteiger partial charge in [0.25, 0.3) is 5.91 Å². The fourth-order valence-corrected chi connectivity index (χ4v) is 2.91. The van der Waals surface area contributed by atoms with Crippen molar-refractivity contribution in [1.82, 2.24) is 10.2 Å². The first-order chi connectivity index (χ1) is 10.2. The van der Waals surface area contributed by atoms with Gasteiger partial charge in [-0.2, -0.15) is 0 Å². The van der Waals surface area contributed by atoms with E-state index in [1.165, 1.54) is 0 Å². The zero-order valence-corrected chi connectivity index (χ0v) is 12.3. The molecule has 3 rings (SSSR count). The zero-order valence-electron chi connectivity index (χ0n) is 12.3. The van der Waals surface area contributed by atoms with Crippen molar-refractivity contribution in [3.05, 3.63) is 35.9 Å². The Morgan fingerprint density at radius 1 is 1.29 bits per heavy atom. The topological polar surface area (TPSA) is 50.8 Å². The van der Waals surface area contributed by atoms with Gasteiger partial charge in [0.2, 0.25) is 0 Å². The molecular weight excluding hydrogens is 268 g/mol. The van der Waals surface area contributed by atoms with Crippen molar-refractivity contribution in [3.63, 3.8) is 0 Å². The number of amides is 1. The molecular formula is C16H22N2O3. The van der Waals surface area contributed by atoms with E-state index in [1.54, 1.807) is 0 Å². The molecule has 0 spiro atoms. The van der Waals surface area contributed by atoms with Gasteiger partial charge in [-0.3, -0.25) is 4.79 Å². The summed E-state index contributed by atoms with van der Waals surface area (Å²) in [5.74, 6) is 0.0679. The van der Waals surface area contributed by atoms with E-state index in [4.69, 9.17) is 9.47 Å². The van der Waals surface area contributed by atoms with Gasteiger partial charge in [0.05, 0.1) is 19.3 Å². The van der Waals surface area contributed by atoms with Crippen molar-refractivity contribution >= 4 is 5.91 Å². The molecule has 114 valence electrons. The number of nitrogens with one attached hydrogen (secondary N) is 1. The minimum absolute atomic E-state index is 0.0319. The Hall–Kier alpha value is -1.43. The first-order valence-electron chi connectivity index (χ1n) is 7.55. The first-order valence-corrected chi connectivity index (χ1v) is 7.55. The molecule has 0 bridgehead atoms. The summed E-state index contributed by atoms with van der Waals surface area (Å²) in [6.07, 6.45) is -0.389. The number of nitrogens with zero attached hydrogens (tertiary/aromatic N) is 1. The van der Waals surface area contributed by atoms with Crippen LogP contribution in [0, 0.1) is 0 Å². The molecule has 1 aromatic carbocycles. The van der Waals surface area contributed by atoms with Gasteiger partial charge in [0, 0.05) is 19.6 Å². The number of hydrogen-bond donors (Lipinski definition) is 1. The van der Waals surface area contributed by atoms with Gasteiger partial charge < -0.3 is 19.7 Å². The summed E-state index contributed by atoms with van der Waals surface area (Å²) in [5.41, 5.74) is 1.12. The smallest absolute Gasteiger partial charge is 0.253 e. The van der Waals surface area contributed by atoms with Gasteiger partial charge in [-0.25, -0.2) is 0 Å². The van der Waals surface area contributed by atoms with E-state index < -0.39 is 0 Å². The fraction of sp³-hybridized carbons (Fsp3) is 0.562. The highest BCUT2D eigenvalue weighted by atomic mass is 16.5. The van der Waals surface area contributed by atoms with Gasteiger partial charge in [0.15, 0.2) is 0 Å². The van der Waals surface area contributed by atoms with E-state index >= 15 is 0 Å². The van der Waals surface area contributed by atoms with Crippen molar-refractivity contribution in [1.29, 1.82) is 0 Å². The van der Waals surface area contributed by atoms with Gasteiger partial charge in [-0.1, -0.05) is 30.3 Å². The second kappa shape index (κ2) is 6.56. The van der Waals surface area contributed by atoms with Crippen molar-refractivity contribution < 1.29 is 14.3 Å². The molecule has 0 aliphatic carbocycles. The SMILES string of the molecule is C[C@@H]1CN(C(=O)[C@@H]2CNCCO2)C[C@H](c2ccccc2)O1. The molecule has 0 radical (unpaired) electrons. The van der Waals surface area contributed by atoms with Crippen molar-refractivity contribution in [2.24, 2.45) is 0 Å². The minimum Gasteiger partial charge on any atom is -0.367 e. The van der Waals surface area contributed by atoms with Crippen LogP contribution in [0.4, 0.5) is 0 Å². The van der Waals surface area contributed by atoms with E-state index in [9.17, 15) is 4.79 Å². The molecule has 1 N–H and O–H groups in total. The molecule has 3 atom stereocenters. The zero-order chi connectivity index (χ0) is 14.7. The van der Waals surface area contributed by atoms with E-state index in [0.29, 0.717) is 26.2 Å². The molecule has 2 aliphatic rings. The predicted molar refractivity (Wildman–Crippen MR) is 78.9 cm³/mol. The van der Waals surface area contributed by atoms with Crippen LogP contribution in [0.5, 0.6) is 0 Å². The van der Waals surface area contributed by atoms with E-state index in [1.807, 2.05) is 42.2 Å². The number of carbonyl (C=O) groups excluding carboxylic acids is 1. The highest BCUT2D eigenvalue weighted by molar-refractivity contribution is 5.81. The monoisotopic (exact) mass is 290 g/mol. The van der Waals surface area contributed by atoms with Crippen LogP contribution in [0.15, 0.2) is 30.3 Å². The van der Waals surface area contributed by atoms with Gasteiger partial charge in [-0.15, -0.1) is 0 Å². The van der Waals surface area contributed by atoms with Crippen LogP contribution in [0.3, 0.4) is 0 Å². The molecule has 5 heteroatoms. The Morgan fingerprint density at radius 2 is 2.10 bits per heavy atom. The summed E-state index contributed by atoms with van der Waals surface area (Å²) >= 11 is 0. The summed E-state index contributed by atoms with van der Waals surface area (Å²) in [5, 5.41) is 3.21. The fourth-order valence-electron chi connectivity index (χ4n) is 2.91. The molecule has 21 heavy (non-hydrogen) atoms. The average Bonchev–Trinajstić information content (AvgIpc) is 2.55. The second-order valence-electron chi connectivity index (χ2n) is 5.65. The maximum absolute atomic E-state index is 12.6. The Bertz CT molecular complexity index is 474. The molecule has 0 saturated carbocycles. The lowest BCUT2D eigenvalue weighted by Gasteiger charge is -2.39. The summed E-state index contributed by atoms with van der Waals surface area (Å²) in [6.45, 7) is 5.24. The van der Waals surface area contributed by atoms with Crippen molar-refractivity contribution in [3.8, 4) is 0 Å². The number of morpholine rings is 2. The van der Waals surface area contributed by atoms with Crippen LogP contribution in [-0.4, -0.2) is 55.8 Å². The summed E-state index contributed by atoms with van der Waals surface area (Å²) < 4.78 is 11.6. The highest BCUT2D eigenvalue weighted by Gasteiger charge is 2.33. The Kier molecular flexibility index (Phi) is 4.53. The number of carbonyl (C=O) groups is 1. The largest absolute Gasteiger partial charge is 0.367 e. The molecule has 1 aromatic rings. The van der Waals surface area contributed by atoms with Crippen LogP contribution in [0.2, 0.25) is 0 Å². The molecule has 1 amide bonds. The lowest BCUT2D eigenvalue weighted by Crippen LogP contribution is -2.54. The lowest BCUT2D eigenvalue weighted by molar-refractivity contribution is -0.157. The number of ether oxygens (including phenoxy) is 2. The lowest BCUT2D eigenvalue weighted by atomic mass is 10.1. The first kappa shape index (κ1) is 14.5. The normalized spacial score (nSPS) is 30.1. The van der Waals surface area contributed by atoms with Crippen molar-refractivity contribution in [2.75, 3.05) is 32.8 Å². The van der Waals surface area contributed by atoms with E-state index in [-0.39, 0.29) is 24.2 Å². The summed E-state index contributed by atoms with van der Waals surface area (Å²) in [7, 11) is 0. The molecule has 2 saturated heterocycles. The van der Waals surface area contributed by atoms with E-state index in [2.05, 4.69) is 5.32 Å². The maximum atomic E-state index is 12.6. The third-order valence-corrected chi connectivity index (χ3v) is 3.95. The van der Waals surface area contributed by atoms with Gasteiger partial charge in [0.1, 0.15) is 12.2 Å². The number of rotatable bonds is 2. The van der Waals surface area contributed by atoms with Gasteiger partial charge >= 0.3 is 0 Å². The number of benzene rings is 1. The molecule has 5 nitrogen and oxygen atoms in total. The highest BCUT2D eigenvalue weighted by Crippen LogP contribution is 2.25. The maximum Gasteiger partial charge on any atom is 0.253 e. The minimum atomic E-state index is -0.361. The van der Waals surface area contributed by atoms with Crippen LogP contribution in [0.25, 0.3) is 0 Å². The molecule has 0 unspecified atom stereocenters. The molecule has 2 fully saturated rings. The second-order valence-corrected chi connectivity index (χ2v) is 5.65. The average molecular weight is 290 g/mol. The van der Waals surface area contributed by atoms with Crippen molar-refractivity contribution in [2.45, 2.75) is 25.2 Å². The quantitative estimate of drug-likeness (QED) is 0.881. The standard InChI is InChI=1S/C16H22N2O3/c1-12-10-18(16(19)14-9-17-7-8-20-14)11-15(21-12)13-5-3-2-4-6-13/h2-6,12,14-15,17H,7-11H2,1H3/t12-,14+,15-/m1/s1. The van der Waals surface area contributed by atoms with Gasteiger partial charge in [-0.05, 0) is 12.5 Å². The van der Waals surface area contributed by atoms with Crippen LogP contribution < -0.4 is 5.32 Å². The molecule has 0 aromatic heterocycles. The van der Waals surface area contributed by atoms with Crippen LogP contribution >= 0.6 is 0 Å². The molecule has 2 aliphatic heterocycles. The summed E-state index contributed by atoms with van der Waals surface area (Å²) in [6, 6.07) is 10.1. The van der Waals surface area contributed by atoms with Crippen LogP contribution in [-0.2, 0) is 14.3 Å². The number of hydrogen-bond acceptors (Lipinski definition) is 4. The Morgan fingerprint density at radius 3 is 2.81 bits per heavy atom. The summed E-state index contributed by atoms with van der Waals surface area (Å²) in [4.78, 5) is 14.5.